The molecule has 5 atom stereocenters. The minimum absolute atomic E-state index is 0.0110. The summed E-state index contributed by atoms with van der Waals surface area (Å²) >= 11 is 1.66. The fourth-order valence-corrected chi connectivity index (χ4v) is 10.5. The molecule has 1 unspecified atom stereocenters. The summed E-state index contributed by atoms with van der Waals surface area (Å²) in [6.07, 6.45) is 3.51. The summed E-state index contributed by atoms with van der Waals surface area (Å²) in [7, 11) is 1.15. The van der Waals surface area contributed by atoms with Gasteiger partial charge in [0.15, 0.2) is 30.5 Å². The molecule has 0 spiro atoms. The molecule has 0 bridgehead atoms. The Kier molecular flexibility index (Phi) is 13.1. The lowest BCUT2D eigenvalue weighted by molar-refractivity contribution is -0.00904. The minimum Gasteiger partial charge on any atom is -0.497 e. The molecule has 2 aromatic heterocycles. The second kappa shape index (κ2) is 18.5. The van der Waals surface area contributed by atoms with Crippen LogP contribution in [-0.2, 0) is 14.8 Å². The van der Waals surface area contributed by atoms with E-state index in [1.807, 2.05) is 35.0 Å². The number of thioether (sulfide) groups is 1. The Bertz CT molecular complexity index is 2350. The first-order valence-corrected chi connectivity index (χ1v) is 25.8. The van der Waals surface area contributed by atoms with Crippen molar-refractivity contribution in [2.24, 2.45) is 5.92 Å². The molecule has 2 N–H and O–H groups in total. The zero-order valence-corrected chi connectivity index (χ0v) is 39.1. The molecular weight excluding hydrogens is 811 g/mol. The molecule has 2 fully saturated rings. The molecule has 62 heavy (non-hydrogen) atoms. The van der Waals surface area contributed by atoms with Crippen LogP contribution in [0.2, 0.25) is 18.1 Å². The third-order valence-electron chi connectivity index (χ3n) is 13.0. The van der Waals surface area contributed by atoms with Gasteiger partial charge in [0, 0.05) is 17.7 Å². The van der Waals surface area contributed by atoms with Crippen molar-refractivity contribution in [1.29, 1.82) is 0 Å². The average molecular weight is 872 g/mol. The van der Waals surface area contributed by atoms with Crippen LogP contribution in [0.4, 0.5) is 5.82 Å². The van der Waals surface area contributed by atoms with Gasteiger partial charge in [-0.15, -0.1) is 5.10 Å². The molecule has 326 valence electrons. The van der Waals surface area contributed by atoms with E-state index in [-0.39, 0.29) is 23.1 Å². The van der Waals surface area contributed by atoms with Crippen LogP contribution < -0.4 is 20.3 Å². The van der Waals surface area contributed by atoms with Crippen LogP contribution in [0.15, 0.2) is 114 Å². The lowest BCUT2D eigenvalue weighted by Gasteiger charge is -2.39. The molecule has 0 saturated heterocycles. The Labute approximate surface area is 371 Å². The van der Waals surface area contributed by atoms with Crippen LogP contribution in [0.1, 0.15) is 87.6 Å². The van der Waals surface area contributed by atoms with Crippen molar-refractivity contribution < 1.29 is 18.6 Å². The van der Waals surface area contributed by atoms with E-state index >= 15 is 0 Å². The van der Waals surface area contributed by atoms with Crippen LogP contribution in [0, 0.1) is 5.92 Å². The molecular formula is C49H61N7O4SSi. The monoisotopic (exact) mass is 871 g/mol. The highest BCUT2D eigenvalue weighted by molar-refractivity contribution is 7.99. The van der Waals surface area contributed by atoms with E-state index in [1.165, 1.54) is 5.56 Å². The van der Waals surface area contributed by atoms with Gasteiger partial charge in [0.1, 0.15) is 17.1 Å². The SMILES string of the molecule is CCCSc1nc(NN[C@@H]2CC2c2ccccc2)c2nnn([C@@H]3C[C@H](COC(c4ccccc4)(c4ccc(OC)cc4)c4ccc(OC)cc4)C[C@H]3O[Si](C)(C)C(C)(C)C)c2n1. The molecule has 8 rings (SSSR count). The highest BCUT2D eigenvalue weighted by Crippen LogP contribution is 2.47. The predicted octanol–water partition coefficient (Wildman–Crippen LogP) is 10.6. The summed E-state index contributed by atoms with van der Waals surface area (Å²) in [6, 6.07) is 37.8. The predicted molar refractivity (Wildman–Crippen MR) is 251 cm³/mol. The number of benzene rings is 4. The minimum atomic E-state index is -2.23. The van der Waals surface area contributed by atoms with Crippen molar-refractivity contribution in [2.75, 3.05) is 32.0 Å². The lowest BCUT2D eigenvalue weighted by Crippen LogP contribution is -2.45. The number of nitrogens with one attached hydrogen (secondary N) is 2. The quantitative estimate of drug-likeness (QED) is 0.0283. The number of hydrogen-bond acceptors (Lipinski definition) is 11. The maximum absolute atomic E-state index is 7.48. The standard InChI is InChI=1S/C49H61N7O4SSi/c1-9-28-61-47-50-45(54-52-41-31-40(41)34-16-12-10-13-17-34)44-46(51-47)56(55-53-44)42-29-33(30-43(42)60-62(7,8)48(2,3)4)32-59-49(35-18-14-11-15-19-35,36-20-24-38(57-5)25-21-36)37-22-26-39(58-6)27-23-37/h10-27,33,40-43,52H,9,28-32H2,1-8H3,(H,50,51,54)/t33-,40?,41+,42+,43+/m0/s1. The lowest BCUT2D eigenvalue weighted by atomic mass is 9.80. The summed E-state index contributed by atoms with van der Waals surface area (Å²) in [5.41, 5.74) is 11.8. The Hall–Kier alpha value is -4.79. The fourth-order valence-electron chi connectivity index (χ4n) is 8.43. The van der Waals surface area contributed by atoms with Crippen LogP contribution >= 0.6 is 11.8 Å². The third kappa shape index (κ3) is 9.14. The van der Waals surface area contributed by atoms with E-state index in [0.717, 1.165) is 59.6 Å². The van der Waals surface area contributed by atoms with E-state index in [0.29, 0.717) is 40.7 Å². The molecule has 2 saturated carbocycles. The number of ether oxygens (including phenoxy) is 3. The second-order valence-electron chi connectivity index (χ2n) is 18.2. The maximum atomic E-state index is 7.48. The molecule has 0 aliphatic heterocycles. The fraction of sp³-hybridized carbons (Fsp3) is 0.429. The highest BCUT2D eigenvalue weighted by Gasteiger charge is 2.47. The van der Waals surface area contributed by atoms with Crippen molar-refractivity contribution >= 4 is 37.1 Å². The van der Waals surface area contributed by atoms with Crippen molar-refractivity contribution in [3.05, 3.63) is 131 Å². The number of aromatic nitrogens is 5. The van der Waals surface area contributed by atoms with E-state index in [2.05, 4.69) is 131 Å². The highest BCUT2D eigenvalue weighted by atomic mass is 32.2. The van der Waals surface area contributed by atoms with E-state index in [9.17, 15) is 0 Å². The molecule has 0 amide bonds. The maximum Gasteiger partial charge on any atom is 0.192 e. The van der Waals surface area contributed by atoms with Crippen LogP contribution in [-0.4, -0.2) is 72.0 Å². The van der Waals surface area contributed by atoms with Gasteiger partial charge in [0.25, 0.3) is 0 Å². The van der Waals surface area contributed by atoms with Gasteiger partial charge in [-0.1, -0.05) is 130 Å². The summed E-state index contributed by atoms with van der Waals surface area (Å²) in [5.74, 6) is 3.70. The zero-order chi connectivity index (χ0) is 43.5. The van der Waals surface area contributed by atoms with Gasteiger partial charge in [-0.3, -0.25) is 0 Å². The van der Waals surface area contributed by atoms with Gasteiger partial charge in [-0.25, -0.2) is 20.1 Å². The Morgan fingerprint density at radius 2 is 1.39 bits per heavy atom. The van der Waals surface area contributed by atoms with E-state index < -0.39 is 13.9 Å². The summed E-state index contributed by atoms with van der Waals surface area (Å²) in [5, 5.41) is 10.4. The van der Waals surface area contributed by atoms with Crippen LogP contribution in [0.3, 0.4) is 0 Å². The molecule has 11 nitrogen and oxygen atoms in total. The summed E-state index contributed by atoms with van der Waals surface area (Å²) in [4.78, 5) is 10.1. The molecule has 2 aliphatic carbocycles. The number of anilines is 1. The first-order valence-electron chi connectivity index (χ1n) is 21.9. The molecule has 2 aliphatic rings. The van der Waals surface area contributed by atoms with Gasteiger partial charge in [0.05, 0.1) is 33.0 Å². The summed E-state index contributed by atoms with van der Waals surface area (Å²) < 4.78 is 28.1. The number of hydrogen-bond donors (Lipinski definition) is 2. The number of hydrazine groups is 1. The van der Waals surface area contributed by atoms with Gasteiger partial charge in [0.2, 0.25) is 0 Å². The number of methoxy groups -OCH3 is 2. The topological polar surface area (TPSA) is 117 Å². The third-order valence-corrected chi connectivity index (χ3v) is 18.5. The largest absolute Gasteiger partial charge is 0.497 e. The smallest absolute Gasteiger partial charge is 0.192 e. The molecule has 13 heteroatoms. The Morgan fingerprint density at radius 3 is 1.98 bits per heavy atom. The first kappa shape index (κ1) is 43.8. The van der Waals surface area contributed by atoms with E-state index in [4.69, 9.17) is 38.9 Å². The van der Waals surface area contributed by atoms with Crippen molar-refractivity contribution in [1.82, 2.24) is 30.4 Å². The Morgan fingerprint density at radius 1 is 0.774 bits per heavy atom. The van der Waals surface area contributed by atoms with E-state index in [1.54, 1.807) is 26.0 Å². The number of fused-ring (bicyclic) bond motifs is 1. The zero-order valence-electron chi connectivity index (χ0n) is 37.3. The van der Waals surface area contributed by atoms with Gasteiger partial charge in [-0.2, -0.15) is 0 Å². The van der Waals surface area contributed by atoms with Crippen molar-refractivity contribution in [2.45, 2.75) is 106 Å². The Balaban J connectivity index is 1.14. The van der Waals surface area contributed by atoms with Crippen LogP contribution in [0.5, 0.6) is 11.5 Å². The molecule has 4 aromatic carbocycles. The number of nitrogens with zero attached hydrogens (tertiary/aromatic N) is 5. The summed E-state index contributed by atoms with van der Waals surface area (Å²) in [6.45, 7) is 14.2. The number of rotatable bonds is 18. The first-order chi connectivity index (χ1) is 29.9. The normalized spacial score (nSPS) is 20.4. The van der Waals surface area contributed by atoms with Crippen LogP contribution in [0.25, 0.3) is 11.2 Å². The van der Waals surface area contributed by atoms with Gasteiger partial charge in [-0.05, 0) is 96.3 Å². The second-order valence-corrected chi connectivity index (χ2v) is 24.0. The van der Waals surface area contributed by atoms with Crippen molar-refractivity contribution in [3.8, 4) is 11.5 Å². The van der Waals surface area contributed by atoms with Gasteiger partial charge < -0.3 is 24.1 Å². The molecule has 0 radical (unpaired) electrons. The molecule has 6 aromatic rings. The average Bonchev–Trinajstić information content (AvgIpc) is 3.79. The van der Waals surface area contributed by atoms with Gasteiger partial charge >= 0.3 is 0 Å². The van der Waals surface area contributed by atoms with Crippen molar-refractivity contribution in [3.63, 3.8) is 0 Å². The molecule has 2 heterocycles.